The largest absolute Gasteiger partial charge is 0.397 e. The van der Waals surface area contributed by atoms with E-state index in [-0.39, 0.29) is 0 Å². The Morgan fingerprint density at radius 2 is 1.47 bits per heavy atom. The molecule has 0 aliphatic heterocycles. The van der Waals surface area contributed by atoms with Crippen LogP contribution in [0.5, 0.6) is 0 Å². The van der Waals surface area contributed by atoms with Crippen LogP contribution in [0.15, 0.2) is 11.3 Å². The molecule has 0 saturated heterocycles. The van der Waals surface area contributed by atoms with Crippen molar-refractivity contribution in [3.8, 4) is 0 Å². The third-order valence-corrected chi connectivity index (χ3v) is 4.91. The van der Waals surface area contributed by atoms with Crippen molar-refractivity contribution in [1.82, 2.24) is 0 Å². The first-order valence-electron chi connectivity index (χ1n) is 6.98. The monoisotopic (exact) mass is 258 g/mol. The van der Waals surface area contributed by atoms with E-state index >= 15 is 0 Å². The minimum absolute atomic E-state index is 1.18. The molecule has 0 rings (SSSR count). The highest BCUT2D eigenvalue weighted by Crippen LogP contribution is 2.10. The van der Waals surface area contributed by atoms with Crippen LogP contribution in [0.25, 0.3) is 0 Å². The van der Waals surface area contributed by atoms with E-state index in [1.807, 2.05) is 0 Å². The quantitative estimate of drug-likeness (QED) is 0.410. The van der Waals surface area contributed by atoms with E-state index in [2.05, 4.69) is 19.9 Å². The Kier molecular flexibility index (Phi) is 12.2. The molecule has 0 aromatic carbocycles. The predicted molar refractivity (Wildman–Crippen MR) is 77.5 cm³/mol. The zero-order chi connectivity index (χ0) is 12.9. The van der Waals surface area contributed by atoms with Gasteiger partial charge in [-0.1, -0.05) is 51.5 Å². The highest BCUT2D eigenvalue weighted by molar-refractivity contribution is 6.53. The minimum atomic E-state index is -1.50. The lowest BCUT2D eigenvalue weighted by Gasteiger charge is -2.11. The Morgan fingerprint density at radius 1 is 0.941 bits per heavy atom. The molecule has 0 heterocycles. The van der Waals surface area contributed by atoms with Crippen LogP contribution in [0.1, 0.15) is 65.2 Å². The SMILES string of the molecule is CCCCCCCCCC=C(C)[SiH](OC)OC. The second-order valence-electron chi connectivity index (χ2n) is 4.66. The van der Waals surface area contributed by atoms with Crippen molar-refractivity contribution in [1.29, 1.82) is 0 Å². The van der Waals surface area contributed by atoms with Crippen molar-refractivity contribution in [3.63, 3.8) is 0 Å². The average Bonchev–Trinajstić information content (AvgIpc) is 2.34. The van der Waals surface area contributed by atoms with Gasteiger partial charge in [0.2, 0.25) is 0 Å². The third kappa shape index (κ3) is 9.57. The number of unbranched alkanes of at least 4 members (excludes halogenated alkanes) is 7. The normalized spacial score (nSPS) is 12.4. The molecule has 2 nitrogen and oxygen atoms in total. The summed E-state index contributed by atoms with van der Waals surface area (Å²) in [5.74, 6) is 0. The molecule has 0 saturated carbocycles. The molecule has 3 heteroatoms. The fourth-order valence-corrected chi connectivity index (χ4v) is 3.29. The van der Waals surface area contributed by atoms with E-state index in [1.165, 1.54) is 56.6 Å². The number of hydrogen-bond acceptors (Lipinski definition) is 2. The second kappa shape index (κ2) is 12.3. The van der Waals surface area contributed by atoms with Crippen molar-refractivity contribution in [2.24, 2.45) is 0 Å². The van der Waals surface area contributed by atoms with Gasteiger partial charge in [-0.05, 0) is 25.0 Å². The van der Waals surface area contributed by atoms with Gasteiger partial charge in [0.05, 0.1) is 0 Å². The van der Waals surface area contributed by atoms with E-state index in [0.29, 0.717) is 0 Å². The van der Waals surface area contributed by atoms with Crippen LogP contribution in [0.4, 0.5) is 0 Å². The van der Waals surface area contributed by atoms with E-state index in [9.17, 15) is 0 Å². The molecular formula is C14H30O2Si. The molecular weight excluding hydrogens is 228 g/mol. The van der Waals surface area contributed by atoms with Gasteiger partial charge < -0.3 is 8.85 Å². The van der Waals surface area contributed by atoms with Gasteiger partial charge in [0.15, 0.2) is 0 Å². The van der Waals surface area contributed by atoms with Crippen LogP contribution in [-0.4, -0.2) is 23.5 Å². The Hall–Kier alpha value is -0.123. The van der Waals surface area contributed by atoms with Crippen molar-refractivity contribution in [2.75, 3.05) is 14.2 Å². The standard InChI is InChI=1S/C14H30O2Si/c1-5-6-7-8-9-10-11-12-13-14(2)17(15-3)16-4/h13,17H,5-12H2,1-4H3. The first-order valence-corrected chi connectivity index (χ1v) is 8.50. The van der Waals surface area contributed by atoms with Crippen LogP contribution < -0.4 is 0 Å². The van der Waals surface area contributed by atoms with Crippen LogP contribution in [0, 0.1) is 0 Å². The molecule has 0 N–H and O–H groups in total. The number of allylic oxidation sites excluding steroid dienone is 2. The van der Waals surface area contributed by atoms with Gasteiger partial charge >= 0.3 is 9.28 Å². The molecule has 0 spiro atoms. The molecule has 0 radical (unpaired) electrons. The molecule has 17 heavy (non-hydrogen) atoms. The average molecular weight is 258 g/mol. The second-order valence-corrected chi connectivity index (χ2v) is 7.18. The molecule has 0 aromatic rings. The smallest absolute Gasteiger partial charge is 0.350 e. The van der Waals surface area contributed by atoms with Crippen LogP contribution in [0.3, 0.4) is 0 Å². The first kappa shape index (κ1) is 16.9. The van der Waals surface area contributed by atoms with Gasteiger partial charge in [0, 0.05) is 14.2 Å². The maximum Gasteiger partial charge on any atom is 0.350 e. The molecule has 102 valence electrons. The first-order chi connectivity index (χ1) is 8.26. The van der Waals surface area contributed by atoms with Crippen molar-refractivity contribution >= 4 is 9.28 Å². The lowest BCUT2D eigenvalue weighted by Crippen LogP contribution is -2.20. The summed E-state index contributed by atoms with van der Waals surface area (Å²) in [6.45, 7) is 4.39. The summed E-state index contributed by atoms with van der Waals surface area (Å²) in [6, 6.07) is 0. The Labute approximate surface area is 109 Å². The molecule has 0 fully saturated rings. The van der Waals surface area contributed by atoms with E-state index < -0.39 is 9.28 Å². The molecule has 0 bridgehead atoms. The lowest BCUT2D eigenvalue weighted by molar-refractivity contribution is 0.287. The Balaban J connectivity index is 3.45. The predicted octanol–water partition coefficient (Wildman–Crippen LogP) is 4.13. The van der Waals surface area contributed by atoms with Gasteiger partial charge in [-0.3, -0.25) is 0 Å². The fraction of sp³-hybridized carbons (Fsp3) is 0.857. The summed E-state index contributed by atoms with van der Waals surface area (Å²) >= 11 is 0. The zero-order valence-electron chi connectivity index (χ0n) is 12.1. The van der Waals surface area contributed by atoms with Crippen LogP contribution in [-0.2, 0) is 8.85 Å². The fourth-order valence-electron chi connectivity index (χ4n) is 2.00. The topological polar surface area (TPSA) is 18.5 Å². The maximum absolute atomic E-state index is 5.33. The summed E-state index contributed by atoms with van der Waals surface area (Å²) in [5.41, 5.74) is 0. The van der Waals surface area contributed by atoms with E-state index in [0.717, 1.165) is 0 Å². The molecule has 0 unspecified atom stereocenters. The van der Waals surface area contributed by atoms with Crippen molar-refractivity contribution < 1.29 is 8.85 Å². The van der Waals surface area contributed by atoms with Crippen LogP contribution in [0.2, 0.25) is 0 Å². The van der Waals surface area contributed by atoms with Crippen LogP contribution >= 0.6 is 0 Å². The summed E-state index contributed by atoms with van der Waals surface area (Å²) < 4.78 is 10.7. The Morgan fingerprint density at radius 3 is 2.00 bits per heavy atom. The summed E-state index contributed by atoms with van der Waals surface area (Å²) in [5, 5.41) is 1.32. The molecule has 0 atom stereocenters. The van der Waals surface area contributed by atoms with Crippen molar-refractivity contribution in [3.05, 3.63) is 11.3 Å². The number of rotatable bonds is 11. The van der Waals surface area contributed by atoms with Gasteiger partial charge in [0.25, 0.3) is 0 Å². The molecule has 0 aliphatic rings. The maximum atomic E-state index is 5.33. The molecule has 0 amide bonds. The molecule has 0 aliphatic carbocycles. The Bertz CT molecular complexity index is 189. The minimum Gasteiger partial charge on any atom is -0.397 e. The highest BCUT2D eigenvalue weighted by Gasteiger charge is 2.10. The highest BCUT2D eigenvalue weighted by atomic mass is 28.3. The van der Waals surface area contributed by atoms with Gasteiger partial charge in [-0.2, -0.15) is 0 Å². The summed E-state index contributed by atoms with van der Waals surface area (Å²) in [7, 11) is 1.98. The van der Waals surface area contributed by atoms with Crippen molar-refractivity contribution in [2.45, 2.75) is 65.2 Å². The lowest BCUT2D eigenvalue weighted by atomic mass is 10.1. The third-order valence-electron chi connectivity index (χ3n) is 3.07. The number of hydrogen-bond donors (Lipinski definition) is 0. The van der Waals surface area contributed by atoms with Gasteiger partial charge in [-0.25, -0.2) is 0 Å². The van der Waals surface area contributed by atoms with Gasteiger partial charge in [0.1, 0.15) is 0 Å². The van der Waals surface area contributed by atoms with Gasteiger partial charge in [-0.15, -0.1) is 0 Å². The van der Waals surface area contributed by atoms with E-state index in [4.69, 9.17) is 8.85 Å². The molecule has 0 aromatic heterocycles. The zero-order valence-corrected chi connectivity index (χ0v) is 13.3. The summed E-state index contributed by atoms with van der Waals surface area (Å²) in [4.78, 5) is 0. The summed E-state index contributed by atoms with van der Waals surface area (Å²) in [6.07, 6.45) is 13.1. The van der Waals surface area contributed by atoms with E-state index in [1.54, 1.807) is 14.2 Å².